The number of halogens is 2. The zero-order valence-electron chi connectivity index (χ0n) is 12.2. The van der Waals surface area contributed by atoms with Crippen LogP contribution in [-0.4, -0.2) is 17.4 Å². The van der Waals surface area contributed by atoms with Crippen molar-refractivity contribution in [2.24, 2.45) is 0 Å². The van der Waals surface area contributed by atoms with Crippen LogP contribution in [0.15, 0.2) is 42.5 Å². The first-order valence-electron chi connectivity index (χ1n) is 7.20. The van der Waals surface area contributed by atoms with Crippen molar-refractivity contribution in [2.75, 3.05) is 6.54 Å². The molecule has 6 heteroatoms. The molecule has 0 unspecified atom stereocenters. The predicted molar refractivity (Wildman–Crippen MR) is 86.6 cm³/mol. The number of hydrogen-bond acceptors (Lipinski definition) is 3. The van der Waals surface area contributed by atoms with Crippen molar-refractivity contribution < 1.29 is 13.6 Å². The number of para-hydroxylation sites is 1. The van der Waals surface area contributed by atoms with Crippen molar-refractivity contribution in [3.8, 4) is 0 Å². The van der Waals surface area contributed by atoms with E-state index in [0.717, 1.165) is 39.8 Å². The Balaban J connectivity index is 1.52. The molecule has 1 amide bonds. The molecule has 0 saturated heterocycles. The van der Waals surface area contributed by atoms with Crippen LogP contribution in [0.3, 0.4) is 0 Å². The summed E-state index contributed by atoms with van der Waals surface area (Å²) in [6.45, 7) is 0.424. The van der Waals surface area contributed by atoms with Crippen molar-refractivity contribution in [1.82, 2.24) is 10.3 Å². The normalized spacial score (nSPS) is 10.9. The summed E-state index contributed by atoms with van der Waals surface area (Å²) < 4.78 is 27.3. The summed E-state index contributed by atoms with van der Waals surface area (Å²) in [5.41, 5.74) is 0.967. The highest BCUT2D eigenvalue weighted by Crippen LogP contribution is 2.22. The molecule has 0 atom stereocenters. The van der Waals surface area contributed by atoms with E-state index >= 15 is 0 Å². The topological polar surface area (TPSA) is 42.0 Å². The Morgan fingerprint density at radius 2 is 1.87 bits per heavy atom. The number of aryl methyl sites for hydroxylation is 1. The average molecular weight is 332 g/mol. The first kappa shape index (κ1) is 15.6. The highest BCUT2D eigenvalue weighted by molar-refractivity contribution is 7.18. The molecule has 0 aliphatic carbocycles. The maximum Gasteiger partial charge on any atom is 0.251 e. The molecule has 3 nitrogen and oxygen atoms in total. The molecule has 0 radical (unpaired) electrons. The van der Waals surface area contributed by atoms with Crippen LogP contribution in [0.25, 0.3) is 10.2 Å². The predicted octanol–water partition coefficient (Wildman–Crippen LogP) is 3.94. The lowest BCUT2D eigenvalue weighted by Crippen LogP contribution is -2.25. The quantitative estimate of drug-likeness (QED) is 0.719. The van der Waals surface area contributed by atoms with Crippen molar-refractivity contribution >= 4 is 27.5 Å². The number of nitrogens with zero attached hydrogens (tertiary/aromatic N) is 1. The summed E-state index contributed by atoms with van der Waals surface area (Å²) in [4.78, 5) is 16.4. The van der Waals surface area contributed by atoms with Gasteiger partial charge in [0, 0.05) is 24.6 Å². The second kappa shape index (κ2) is 6.83. The molecule has 0 bridgehead atoms. The number of aromatic nitrogens is 1. The van der Waals surface area contributed by atoms with Crippen molar-refractivity contribution in [1.29, 1.82) is 0 Å². The SMILES string of the molecule is O=C(NCCCc1nc2ccccc2s1)c1cc(F)cc(F)c1. The Bertz CT molecular complexity index is 794. The fraction of sp³-hybridized carbons (Fsp3) is 0.176. The van der Waals surface area contributed by atoms with E-state index in [1.807, 2.05) is 24.3 Å². The van der Waals surface area contributed by atoms with Crippen LogP contribution in [0.4, 0.5) is 8.78 Å². The smallest absolute Gasteiger partial charge is 0.251 e. The molecule has 0 aliphatic heterocycles. The molecule has 3 rings (SSSR count). The number of benzene rings is 2. The summed E-state index contributed by atoms with van der Waals surface area (Å²) in [6, 6.07) is 10.7. The lowest BCUT2D eigenvalue weighted by molar-refractivity contribution is 0.0952. The maximum atomic E-state index is 13.1. The minimum atomic E-state index is -0.760. The van der Waals surface area contributed by atoms with Gasteiger partial charge in [-0.15, -0.1) is 11.3 Å². The number of hydrogen-bond donors (Lipinski definition) is 1. The number of amides is 1. The van der Waals surface area contributed by atoms with Crippen LogP contribution in [-0.2, 0) is 6.42 Å². The van der Waals surface area contributed by atoms with Gasteiger partial charge < -0.3 is 5.32 Å². The van der Waals surface area contributed by atoms with Gasteiger partial charge in [-0.2, -0.15) is 0 Å². The summed E-state index contributed by atoms with van der Waals surface area (Å²) >= 11 is 1.63. The minimum absolute atomic E-state index is 0.0116. The van der Waals surface area contributed by atoms with Gasteiger partial charge in [-0.25, -0.2) is 13.8 Å². The highest BCUT2D eigenvalue weighted by Gasteiger charge is 2.09. The van der Waals surface area contributed by atoms with Gasteiger partial charge in [-0.3, -0.25) is 4.79 Å². The third-order valence-corrected chi connectivity index (χ3v) is 4.41. The molecule has 0 fully saturated rings. The van der Waals surface area contributed by atoms with Crippen LogP contribution in [0, 0.1) is 11.6 Å². The molecule has 118 valence electrons. The molecule has 1 aromatic heterocycles. The second-order valence-electron chi connectivity index (χ2n) is 5.09. The van der Waals surface area contributed by atoms with Gasteiger partial charge in [0.05, 0.1) is 15.2 Å². The third-order valence-electron chi connectivity index (χ3n) is 3.32. The number of rotatable bonds is 5. The molecule has 1 heterocycles. The van der Waals surface area contributed by atoms with Crippen molar-refractivity contribution in [3.05, 3.63) is 64.7 Å². The number of thiazole rings is 1. The summed E-state index contributed by atoms with van der Waals surface area (Å²) in [7, 11) is 0. The number of carbonyl (C=O) groups excluding carboxylic acids is 1. The maximum absolute atomic E-state index is 13.1. The highest BCUT2D eigenvalue weighted by atomic mass is 32.1. The number of nitrogens with one attached hydrogen (secondary N) is 1. The van der Waals surface area contributed by atoms with Gasteiger partial charge in [0.25, 0.3) is 5.91 Å². The number of fused-ring (bicyclic) bond motifs is 1. The lowest BCUT2D eigenvalue weighted by Gasteiger charge is -2.05. The Kier molecular flexibility index (Phi) is 4.62. The molecule has 1 N–H and O–H groups in total. The Hall–Kier alpha value is -2.34. The average Bonchev–Trinajstić information content (AvgIpc) is 2.93. The van der Waals surface area contributed by atoms with Gasteiger partial charge in [-0.05, 0) is 30.7 Å². The van der Waals surface area contributed by atoms with E-state index in [2.05, 4.69) is 10.3 Å². The fourth-order valence-corrected chi connectivity index (χ4v) is 3.26. The van der Waals surface area contributed by atoms with Gasteiger partial charge >= 0.3 is 0 Å². The zero-order valence-corrected chi connectivity index (χ0v) is 13.0. The van der Waals surface area contributed by atoms with E-state index in [-0.39, 0.29) is 5.56 Å². The molecular formula is C17H14F2N2OS. The Morgan fingerprint density at radius 1 is 1.13 bits per heavy atom. The largest absolute Gasteiger partial charge is 0.352 e. The summed E-state index contributed by atoms with van der Waals surface area (Å²) in [6.07, 6.45) is 1.46. The molecule has 3 aromatic rings. The van der Waals surface area contributed by atoms with Gasteiger partial charge in [0.15, 0.2) is 0 Å². The van der Waals surface area contributed by atoms with E-state index < -0.39 is 17.5 Å². The van der Waals surface area contributed by atoms with E-state index in [0.29, 0.717) is 13.0 Å². The third kappa shape index (κ3) is 3.90. The first-order chi connectivity index (χ1) is 11.1. The van der Waals surface area contributed by atoms with Crippen molar-refractivity contribution in [2.45, 2.75) is 12.8 Å². The van der Waals surface area contributed by atoms with E-state index in [1.165, 1.54) is 0 Å². The molecule has 0 aliphatic rings. The van der Waals surface area contributed by atoms with Gasteiger partial charge in [0.1, 0.15) is 11.6 Å². The fourth-order valence-electron chi connectivity index (χ4n) is 2.26. The van der Waals surface area contributed by atoms with E-state index in [4.69, 9.17) is 0 Å². The van der Waals surface area contributed by atoms with Crippen LogP contribution in [0.5, 0.6) is 0 Å². The van der Waals surface area contributed by atoms with Crippen LogP contribution >= 0.6 is 11.3 Å². The summed E-state index contributed by atoms with van der Waals surface area (Å²) in [5, 5.41) is 3.67. The summed E-state index contributed by atoms with van der Waals surface area (Å²) in [5.74, 6) is -2.00. The van der Waals surface area contributed by atoms with Crippen molar-refractivity contribution in [3.63, 3.8) is 0 Å². The van der Waals surface area contributed by atoms with Crippen LogP contribution < -0.4 is 5.32 Å². The van der Waals surface area contributed by atoms with Crippen LogP contribution in [0.1, 0.15) is 21.8 Å². The monoisotopic (exact) mass is 332 g/mol. The molecule has 0 spiro atoms. The Labute approximate surface area is 136 Å². The zero-order chi connectivity index (χ0) is 16.2. The Morgan fingerprint density at radius 3 is 2.61 bits per heavy atom. The molecule has 0 saturated carbocycles. The van der Waals surface area contributed by atoms with E-state index in [1.54, 1.807) is 11.3 Å². The molecular weight excluding hydrogens is 318 g/mol. The first-order valence-corrected chi connectivity index (χ1v) is 8.02. The lowest BCUT2D eigenvalue weighted by atomic mass is 10.2. The minimum Gasteiger partial charge on any atom is -0.352 e. The van der Waals surface area contributed by atoms with Gasteiger partial charge in [0.2, 0.25) is 0 Å². The molecule has 23 heavy (non-hydrogen) atoms. The number of carbonyl (C=O) groups is 1. The second-order valence-corrected chi connectivity index (χ2v) is 6.21. The standard InChI is InChI=1S/C17H14F2N2OS/c18-12-8-11(9-13(19)10-12)17(22)20-7-3-6-16-21-14-4-1-2-5-15(14)23-16/h1-2,4-5,8-10H,3,6-7H2,(H,20,22). The van der Waals surface area contributed by atoms with E-state index in [9.17, 15) is 13.6 Å². The van der Waals surface area contributed by atoms with Crippen LogP contribution in [0.2, 0.25) is 0 Å². The van der Waals surface area contributed by atoms with Gasteiger partial charge in [-0.1, -0.05) is 12.1 Å². The molecule has 2 aromatic carbocycles.